The molecule has 8 nitrogen and oxygen atoms in total. The van der Waals surface area contributed by atoms with Crippen molar-refractivity contribution in [2.24, 2.45) is 0 Å². The number of aromatic amines is 8. The molecule has 0 saturated carbocycles. The molecule has 8 heteroatoms. The van der Waals surface area contributed by atoms with Crippen LogP contribution in [-0.4, -0.2) is 39.9 Å². The van der Waals surface area contributed by atoms with Gasteiger partial charge in [-0.25, -0.2) is 0 Å². The summed E-state index contributed by atoms with van der Waals surface area (Å²) in [5.41, 5.74) is 27.4. The maximum atomic E-state index is 4.04. The molecule has 8 N–H and O–H groups in total. The van der Waals surface area contributed by atoms with Crippen molar-refractivity contribution in [1.29, 1.82) is 0 Å². The van der Waals surface area contributed by atoms with Gasteiger partial charge in [0.2, 0.25) is 0 Å². The molecule has 8 aromatic heterocycles. The van der Waals surface area contributed by atoms with E-state index in [4.69, 9.17) is 0 Å². The molecule has 4 aromatic carbocycles. The summed E-state index contributed by atoms with van der Waals surface area (Å²) in [6.45, 7) is 13.3. The number of benzene rings is 4. The number of aryl methyl sites for hydroxylation is 6. The van der Waals surface area contributed by atoms with E-state index in [2.05, 4.69) is 251 Å². The fourth-order valence-corrected chi connectivity index (χ4v) is 12.5. The number of hydrogen-bond donors (Lipinski definition) is 8. The topological polar surface area (TPSA) is 126 Å². The molecule has 13 rings (SSSR count). The number of hydrogen-bond acceptors (Lipinski definition) is 0. The highest BCUT2D eigenvalue weighted by Crippen LogP contribution is 2.36. The second kappa shape index (κ2) is 18.8. The molecule has 0 saturated heterocycles. The first-order valence-corrected chi connectivity index (χ1v) is 26.3. The van der Waals surface area contributed by atoms with Gasteiger partial charge in [-0.1, -0.05) is 83.9 Å². The predicted octanol–water partition coefficient (Wildman–Crippen LogP) is 11.8. The Morgan fingerprint density at radius 1 is 0.289 bits per heavy atom. The van der Waals surface area contributed by atoms with E-state index in [9.17, 15) is 0 Å². The minimum atomic E-state index is 0.0249. The van der Waals surface area contributed by atoms with Crippen LogP contribution in [0.1, 0.15) is 124 Å². The molecular formula is C68H60N8. The van der Waals surface area contributed by atoms with E-state index in [1.54, 1.807) is 0 Å². The summed E-state index contributed by atoms with van der Waals surface area (Å²) >= 11 is 0. The maximum Gasteiger partial charge on any atom is 0.0641 e. The second-order valence-electron chi connectivity index (χ2n) is 20.8. The van der Waals surface area contributed by atoms with Crippen LogP contribution in [0.15, 0.2) is 195 Å². The number of rotatable bonds is 10. The van der Waals surface area contributed by atoms with E-state index in [0.717, 1.165) is 100 Å². The van der Waals surface area contributed by atoms with Crippen molar-refractivity contribution in [1.82, 2.24) is 39.9 Å². The summed E-state index contributed by atoms with van der Waals surface area (Å²) < 4.78 is 0. The van der Waals surface area contributed by atoms with Crippen LogP contribution >= 0.6 is 0 Å². The van der Waals surface area contributed by atoms with Crippen molar-refractivity contribution < 1.29 is 0 Å². The Morgan fingerprint density at radius 2 is 0.579 bits per heavy atom. The number of fused-ring (bicyclic) bond motifs is 8. The Bertz CT molecular complexity index is 3920. The Hall–Kier alpha value is -9.40. The second-order valence-corrected chi connectivity index (χ2v) is 20.8. The molecule has 0 aliphatic carbocycles. The number of H-pyrrole nitrogens is 8. The molecule has 0 atom stereocenters. The molecule has 0 spiro atoms. The Morgan fingerprint density at radius 3 is 0.868 bits per heavy atom. The summed E-state index contributed by atoms with van der Waals surface area (Å²) in [6, 6.07) is 62.4. The first-order valence-electron chi connectivity index (χ1n) is 26.3. The Kier molecular flexibility index (Phi) is 11.5. The van der Waals surface area contributed by atoms with Gasteiger partial charge in [0, 0.05) is 114 Å². The average molecular weight is 989 g/mol. The van der Waals surface area contributed by atoms with Gasteiger partial charge in [-0.05, 0) is 194 Å². The van der Waals surface area contributed by atoms with Crippen LogP contribution in [0.25, 0.3) is 22.3 Å². The molecule has 76 heavy (non-hydrogen) atoms. The van der Waals surface area contributed by atoms with Crippen molar-refractivity contribution in [2.45, 2.75) is 53.4 Å². The van der Waals surface area contributed by atoms with Crippen molar-refractivity contribution in [2.75, 3.05) is 0 Å². The third kappa shape index (κ3) is 8.19. The van der Waals surface area contributed by atoms with Gasteiger partial charge >= 0.3 is 0 Å². The number of nitrogens with one attached hydrogen (secondary N) is 8. The van der Waals surface area contributed by atoms with Crippen LogP contribution in [0.5, 0.6) is 0 Å². The lowest BCUT2D eigenvalue weighted by atomic mass is 9.90. The average Bonchev–Trinajstić information content (AvgIpc) is 4.26. The zero-order valence-corrected chi connectivity index (χ0v) is 43.6. The Labute approximate surface area is 441 Å². The molecule has 0 radical (unpaired) electrons. The first-order chi connectivity index (χ1) is 37.1. The Balaban J connectivity index is 1.08. The monoisotopic (exact) mass is 988 g/mol. The lowest BCUT2D eigenvalue weighted by molar-refractivity contribution is 0.897. The summed E-state index contributed by atoms with van der Waals surface area (Å²) in [6.07, 6.45) is 8.00. The van der Waals surface area contributed by atoms with E-state index < -0.39 is 0 Å². The molecule has 9 heterocycles. The molecule has 8 bridgehead atoms. The zero-order chi connectivity index (χ0) is 51.6. The third-order valence-electron chi connectivity index (χ3n) is 15.6. The molecule has 12 aromatic rings. The van der Waals surface area contributed by atoms with Crippen molar-refractivity contribution >= 4 is 22.3 Å². The van der Waals surface area contributed by atoms with Gasteiger partial charge in [-0.2, -0.15) is 0 Å². The van der Waals surface area contributed by atoms with Crippen molar-refractivity contribution in [3.63, 3.8) is 0 Å². The summed E-state index contributed by atoms with van der Waals surface area (Å²) in [5, 5.41) is 4.07. The van der Waals surface area contributed by atoms with E-state index in [1.807, 2.05) is 24.8 Å². The molecule has 0 amide bonds. The largest absolute Gasteiger partial charge is 0.364 e. The van der Waals surface area contributed by atoms with Crippen LogP contribution in [0, 0.1) is 41.5 Å². The smallest absolute Gasteiger partial charge is 0.0641 e. The molecule has 1 aliphatic heterocycles. The van der Waals surface area contributed by atoms with Crippen molar-refractivity contribution in [3.8, 4) is 0 Å². The lowest BCUT2D eigenvalue weighted by Gasteiger charge is -2.17. The molecule has 0 unspecified atom stereocenters. The summed E-state index contributed by atoms with van der Waals surface area (Å²) in [4.78, 5) is 30.2. The highest BCUT2D eigenvalue weighted by atomic mass is 14.8. The fourth-order valence-electron chi connectivity index (χ4n) is 12.5. The van der Waals surface area contributed by atoms with Crippen LogP contribution in [0.4, 0.5) is 0 Å². The first kappa shape index (κ1) is 46.4. The summed E-state index contributed by atoms with van der Waals surface area (Å²) in [7, 11) is 0. The quantitative estimate of drug-likeness (QED) is 0.0665. The van der Waals surface area contributed by atoms with Crippen molar-refractivity contribution in [3.05, 3.63) is 328 Å². The third-order valence-corrected chi connectivity index (χ3v) is 15.6. The van der Waals surface area contributed by atoms with E-state index >= 15 is 0 Å². The van der Waals surface area contributed by atoms with Gasteiger partial charge in [0.15, 0.2) is 0 Å². The number of aromatic nitrogens is 8. The van der Waals surface area contributed by atoms with Gasteiger partial charge < -0.3 is 39.9 Å². The summed E-state index contributed by atoms with van der Waals surface area (Å²) in [5.74, 6) is 0.0499. The van der Waals surface area contributed by atoms with E-state index in [1.165, 1.54) is 55.6 Å². The SMILES string of the molecule is Cc1cc(C)c(C2=c3ccc([nH]3)=C(c3ccc(C(c4ccc[nH]4)c4ccc[nH]4)cc3)c3ccc([nH]3)C(c3c(C)cc(C)cc3C)=c3ccc([nH]3)=C(c3ccc(C(c4ccc[nH]4)c4ccc[nH]4)cc3)c3ccc2[nH]3)c(C)c1. The standard InChI is InChI=1S/C68H60N8/c1-39-35-41(3)61(42(4)36-39)67-57-27-23-53(73-57)65(47-19-15-45(16-20-47)63(49-11-7-31-69-49)50-12-8-32-70-50)55-25-29-59(75-55)68(62-43(5)37-40(2)38-44(62)6)60-30-26-56(76-60)66(54-24-28-58(67)74-54)48-21-17-46(18-22-48)64(51-13-9-33-71-51)52-14-10-34-72-52/h7-38,63-64,69-76H,1-6H3. The molecular weight excluding hydrogens is 929 g/mol. The zero-order valence-electron chi connectivity index (χ0n) is 43.6. The molecule has 372 valence electrons. The van der Waals surface area contributed by atoms with Gasteiger partial charge in [0.05, 0.1) is 11.8 Å². The van der Waals surface area contributed by atoms with Crippen LogP contribution in [-0.2, 0) is 0 Å². The predicted molar refractivity (Wildman–Crippen MR) is 307 cm³/mol. The van der Waals surface area contributed by atoms with E-state index in [0.29, 0.717) is 0 Å². The lowest BCUT2D eigenvalue weighted by Crippen LogP contribution is -2.20. The van der Waals surface area contributed by atoms with E-state index in [-0.39, 0.29) is 11.8 Å². The minimum Gasteiger partial charge on any atom is -0.364 e. The highest BCUT2D eigenvalue weighted by Gasteiger charge is 2.24. The fraction of sp³-hybridized carbons (Fsp3) is 0.118. The normalized spacial score (nSPS) is 12.7. The minimum absolute atomic E-state index is 0.0249. The van der Waals surface area contributed by atoms with Gasteiger partial charge in [-0.3, -0.25) is 0 Å². The van der Waals surface area contributed by atoms with Gasteiger partial charge in [0.25, 0.3) is 0 Å². The van der Waals surface area contributed by atoms with Gasteiger partial charge in [-0.15, -0.1) is 0 Å². The molecule has 1 aliphatic rings. The van der Waals surface area contributed by atoms with Crippen LogP contribution in [0.3, 0.4) is 0 Å². The van der Waals surface area contributed by atoms with Gasteiger partial charge in [0.1, 0.15) is 0 Å². The molecule has 0 fully saturated rings. The van der Waals surface area contributed by atoms with Crippen LogP contribution < -0.4 is 21.4 Å². The maximum absolute atomic E-state index is 4.04. The van der Waals surface area contributed by atoms with Crippen LogP contribution in [0.2, 0.25) is 0 Å². The highest BCUT2D eigenvalue weighted by molar-refractivity contribution is 5.87.